The van der Waals surface area contributed by atoms with Crippen LogP contribution in [0.4, 0.5) is 0 Å². The van der Waals surface area contributed by atoms with E-state index in [0.29, 0.717) is 10.0 Å². The van der Waals surface area contributed by atoms with Crippen molar-refractivity contribution in [3.05, 3.63) is 58.6 Å². The number of aliphatic hydroxyl groups is 4. The molecule has 0 bridgehead atoms. The summed E-state index contributed by atoms with van der Waals surface area (Å²) in [7, 11) is -4.66. The van der Waals surface area contributed by atoms with Crippen LogP contribution in [0.3, 0.4) is 0 Å². The molecule has 0 aromatic heterocycles. The van der Waals surface area contributed by atoms with Crippen LogP contribution in [-0.2, 0) is 18.7 Å². The summed E-state index contributed by atoms with van der Waals surface area (Å²) in [5, 5.41) is 55.1. The molecule has 7 atom stereocenters. The van der Waals surface area contributed by atoms with Crippen molar-refractivity contribution in [3.63, 3.8) is 0 Å². The molecule has 1 aliphatic heterocycles. The van der Waals surface area contributed by atoms with Crippen molar-refractivity contribution in [2.24, 2.45) is 0 Å². The molecule has 8 N–H and O–H groups in total. The number of halogens is 2. The summed E-state index contributed by atoms with van der Waals surface area (Å²) in [6.07, 6.45) is -7.08. The minimum Gasteiger partial charge on any atom is -0.479 e. The highest BCUT2D eigenvalue weighted by atomic mass is 35.5. The molecule has 1 saturated heterocycles. The zero-order valence-corrected chi connectivity index (χ0v) is 25.2. The minimum atomic E-state index is -4.66. The van der Waals surface area contributed by atoms with E-state index in [0.717, 1.165) is 6.92 Å². The van der Waals surface area contributed by atoms with Gasteiger partial charge in [-0.25, -0.2) is 4.79 Å². The Kier molecular flexibility index (Phi) is 12.2. The molecule has 1 amide bonds. The molecule has 0 aliphatic carbocycles. The molecule has 1 fully saturated rings. The van der Waals surface area contributed by atoms with E-state index in [-0.39, 0.29) is 17.9 Å². The Labute approximate surface area is 256 Å². The first-order valence-corrected chi connectivity index (χ1v) is 15.4. The Balaban J connectivity index is 1.67. The van der Waals surface area contributed by atoms with Gasteiger partial charge in [0.05, 0.1) is 43.7 Å². The van der Waals surface area contributed by atoms with Gasteiger partial charge in [-0.15, -0.1) is 0 Å². The Morgan fingerprint density at radius 1 is 1.00 bits per heavy atom. The second-order valence-corrected chi connectivity index (χ2v) is 12.9. The molecule has 43 heavy (non-hydrogen) atoms. The van der Waals surface area contributed by atoms with E-state index in [2.05, 4.69) is 10.6 Å². The van der Waals surface area contributed by atoms with E-state index in [1.807, 2.05) is 0 Å². The van der Waals surface area contributed by atoms with Crippen molar-refractivity contribution in [3.8, 4) is 11.5 Å². The molecule has 2 unspecified atom stereocenters. The van der Waals surface area contributed by atoms with Crippen molar-refractivity contribution in [1.82, 2.24) is 10.6 Å². The van der Waals surface area contributed by atoms with Gasteiger partial charge in [-0.1, -0.05) is 23.2 Å². The van der Waals surface area contributed by atoms with Crippen LogP contribution in [0.5, 0.6) is 11.5 Å². The fraction of sp³-hybridized carbons (Fsp3) is 0.462. The van der Waals surface area contributed by atoms with Crippen LogP contribution in [0.1, 0.15) is 13.3 Å². The van der Waals surface area contributed by atoms with E-state index in [1.165, 1.54) is 48.5 Å². The van der Waals surface area contributed by atoms with Gasteiger partial charge in [-0.2, -0.15) is 0 Å². The number of carbonyl (C=O) groups is 2. The Morgan fingerprint density at radius 2 is 1.49 bits per heavy atom. The van der Waals surface area contributed by atoms with Crippen LogP contribution in [-0.4, -0.2) is 104 Å². The quantitative estimate of drug-likeness (QED) is 0.0971. The van der Waals surface area contributed by atoms with Gasteiger partial charge < -0.3 is 55.1 Å². The molecule has 14 nitrogen and oxygen atoms in total. The molecule has 17 heteroatoms. The highest BCUT2D eigenvalue weighted by molar-refractivity contribution is 7.52. The number of ether oxygens (including phenoxy) is 2. The highest BCUT2D eigenvalue weighted by Crippen LogP contribution is 2.44. The van der Waals surface area contributed by atoms with Crippen molar-refractivity contribution in [2.45, 2.75) is 55.6 Å². The van der Waals surface area contributed by atoms with Crippen LogP contribution in [0.15, 0.2) is 48.5 Å². The zero-order chi connectivity index (χ0) is 31.9. The number of carboxylic acid groups (broad SMARTS) is 1. The largest absolute Gasteiger partial charge is 0.479 e. The first kappa shape index (κ1) is 35.0. The van der Waals surface area contributed by atoms with E-state index < -0.39 is 81.1 Å². The van der Waals surface area contributed by atoms with Gasteiger partial charge in [0.2, 0.25) is 0 Å². The molecule has 238 valence electrons. The maximum atomic E-state index is 13.2. The first-order chi connectivity index (χ1) is 20.1. The monoisotopic (exact) mass is 666 g/mol. The van der Waals surface area contributed by atoms with Crippen molar-refractivity contribution < 1.29 is 58.6 Å². The van der Waals surface area contributed by atoms with Crippen LogP contribution >= 0.6 is 30.8 Å². The molecule has 1 aliphatic rings. The zero-order valence-electron chi connectivity index (χ0n) is 22.7. The fourth-order valence-corrected chi connectivity index (χ4v) is 5.62. The van der Waals surface area contributed by atoms with E-state index in [9.17, 15) is 44.6 Å². The van der Waals surface area contributed by atoms with Crippen molar-refractivity contribution in [2.75, 3.05) is 19.4 Å². The lowest BCUT2D eigenvalue weighted by atomic mass is 10.0. The van der Waals surface area contributed by atoms with Gasteiger partial charge in [0, 0.05) is 16.1 Å². The fourth-order valence-electron chi connectivity index (χ4n) is 4.12. The van der Waals surface area contributed by atoms with Gasteiger partial charge >= 0.3 is 25.8 Å². The summed E-state index contributed by atoms with van der Waals surface area (Å²) >= 11 is 11.8. The van der Waals surface area contributed by atoms with Gasteiger partial charge in [0.1, 0.15) is 11.5 Å². The van der Waals surface area contributed by atoms with E-state index >= 15 is 0 Å². The highest BCUT2D eigenvalue weighted by Gasteiger charge is 2.43. The van der Waals surface area contributed by atoms with Gasteiger partial charge in [0.15, 0.2) is 5.54 Å². The number of nitrogens with one attached hydrogen (secondary N) is 2. The molecule has 2 aromatic rings. The van der Waals surface area contributed by atoms with Crippen molar-refractivity contribution >= 4 is 42.7 Å². The summed E-state index contributed by atoms with van der Waals surface area (Å²) in [4.78, 5) is 35.7. The maximum absolute atomic E-state index is 13.2. The molecule has 0 spiro atoms. The average Bonchev–Trinajstić information content (AvgIpc) is 3.21. The lowest BCUT2D eigenvalue weighted by Crippen LogP contribution is -2.59. The third-order valence-corrected chi connectivity index (χ3v) is 8.44. The molecular weight excluding hydrogens is 634 g/mol. The summed E-state index contributed by atoms with van der Waals surface area (Å²) in [5.74, 6) is -2.40. The van der Waals surface area contributed by atoms with Crippen LogP contribution in [0.2, 0.25) is 10.0 Å². The van der Waals surface area contributed by atoms with E-state index in [4.69, 9.17) is 37.2 Å². The third kappa shape index (κ3) is 10.0. The first-order valence-electron chi connectivity index (χ1n) is 12.9. The number of aliphatic hydroxyl groups excluding tert-OH is 4. The molecule has 0 saturated carbocycles. The van der Waals surface area contributed by atoms with Gasteiger partial charge in [-0.05, 0) is 61.9 Å². The Hall–Kier alpha value is -2.49. The maximum Gasteiger partial charge on any atom is 0.331 e. The Morgan fingerprint density at radius 3 is 1.93 bits per heavy atom. The number of carbonyl (C=O) groups excluding carboxylic acids is 1. The number of aliphatic carboxylic acids is 1. The number of amides is 1. The molecule has 1 heterocycles. The average molecular weight is 667 g/mol. The second-order valence-electron chi connectivity index (χ2n) is 10.1. The van der Waals surface area contributed by atoms with Crippen LogP contribution < -0.4 is 20.1 Å². The summed E-state index contributed by atoms with van der Waals surface area (Å²) in [6, 6.07) is 10.0. The topological polar surface area (TPSA) is 224 Å². The van der Waals surface area contributed by atoms with E-state index in [1.54, 1.807) is 0 Å². The summed E-state index contributed by atoms with van der Waals surface area (Å²) in [6.45, 7) is -0.457. The third-order valence-electron chi connectivity index (χ3n) is 6.52. The Bertz CT molecular complexity index is 1240. The van der Waals surface area contributed by atoms with Crippen LogP contribution in [0.25, 0.3) is 0 Å². The number of benzene rings is 2. The van der Waals surface area contributed by atoms with Crippen LogP contribution in [0, 0.1) is 0 Å². The normalized spacial score (nSPS) is 23.7. The predicted octanol–water partition coefficient (Wildman–Crippen LogP) is 0.744. The number of hydrogen-bond donors (Lipinski definition) is 8. The van der Waals surface area contributed by atoms with Gasteiger partial charge in [0.25, 0.3) is 0 Å². The summed E-state index contributed by atoms with van der Waals surface area (Å²) in [5.41, 5.74) is -2.27. The smallest absolute Gasteiger partial charge is 0.331 e. The van der Waals surface area contributed by atoms with Crippen molar-refractivity contribution in [1.29, 1.82) is 0 Å². The molecular formula is C26H33Cl2N2O12P. The molecule has 0 radical (unpaired) electrons. The predicted molar refractivity (Wildman–Crippen MR) is 153 cm³/mol. The number of carboxylic acids is 1. The second kappa shape index (κ2) is 15.0. The standard InChI is InChI=1S/C26H33Cl2N2O12P/c1-26(25(36)37,13-40-43(38,39)12-16(32)10-19-21(33)22(34)20(11-31)29-19)30-23(35)24(41-17-6-2-14(27)3-7-17)42-18-8-4-15(28)5-9-18/h2-9,16,19-22,24,29,31-34H,10-13H2,1H3,(H,30,35)(H,36,37)(H,38,39)/t16-,19-,20-,21-,22-,26?/m1/s1. The lowest BCUT2D eigenvalue weighted by molar-refractivity contribution is -0.153. The molecule has 2 aromatic carbocycles. The number of hydrogen-bond acceptors (Lipinski definition) is 11. The SMILES string of the molecule is CC(COP(=O)(O)C[C@H](O)C[C@H]1N[C@H](CO)[C@@H](O)[C@@H]1O)(NC(=O)C(Oc1ccc(Cl)cc1)Oc1ccc(Cl)cc1)C(=O)O. The number of rotatable bonds is 15. The lowest BCUT2D eigenvalue weighted by Gasteiger charge is -2.29. The summed E-state index contributed by atoms with van der Waals surface area (Å²) < 4.78 is 29.0. The minimum absolute atomic E-state index is 0.153. The molecule has 3 rings (SSSR count). The van der Waals surface area contributed by atoms with Gasteiger partial charge in [-0.3, -0.25) is 9.36 Å².